The Morgan fingerprint density at radius 1 is 1.00 bits per heavy atom. The quantitative estimate of drug-likeness (QED) is 0.701. The van der Waals surface area contributed by atoms with E-state index >= 15 is 0 Å². The minimum Gasteiger partial charge on any atom is -0.247 e. The van der Waals surface area contributed by atoms with Gasteiger partial charge >= 0.3 is 0 Å². The van der Waals surface area contributed by atoms with Gasteiger partial charge in [-0.3, -0.25) is 0 Å². The second-order valence-electron chi connectivity index (χ2n) is 7.02. The number of H-pyrrole nitrogens is 1. The summed E-state index contributed by atoms with van der Waals surface area (Å²) < 4.78 is 2.46. The number of aromatic amines is 1. The molecule has 0 fully saturated rings. The molecule has 2 heteroatoms. The van der Waals surface area contributed by atoms with Crippen LogP contribution in [0.4, 0.5) is 0 Å². The predicted molar refractivity (Wildman–Crippen MR) is 82.5 cm³/mol. The van der Waals surface area contributed by atoms with E-state index in [1.165, 1.54) is 30.7 Å². The first-order valence-electron chi connectivity index (χ1n) is 7.92. The molecule has 0 aliphatic heterocycles. The molecule has 1 rings (SSSR count). The van der Waals surface area contributed by atoms with Crippen LogP contribution in [0.3, 0.4) is 0 Å². The van der Waals surface area contributed by atoms with Gasteiger partial charge in [-0.25, -0.2) is 9.55 Å². The van der Waals surface area contributed by atoms with E-state index < -0.39 is 0 Å². The van der Waals surface area contributed by atoms with Gasteiger partial charge in [-0.15, -0.1) is 0 Å². The van der Waals surface area contributed by atoms with E-state index in [4.69, 9.17) is 0 Å². The lowest BCUT2D eigenvalue weighted by molar-refractivity contribution is -0.706. The van der Waals surface area contributed by atoms with Gasteiger partial charge in [0.05, 0.1) is 6.54 Å². The number of hydrogen-bond donors (Lipinski definition) is 1. The SMILES string of the molecule is CCCC[n+]1c[nH]c(C(C)(C)CC)c1C(C)(C)CC. The van der Waals surface area contributed by atoms with Crippen molar-refractivity contribution in [3.05, 3.63) is 17.7 Å². The van der Waals surface area contributed by atoms with Gasteiger partial charge in [-0.05, 0) is 19.3 Å². The van der Waals surface area contributed by atoms with Gasteiger partial charge in [-0.1, -0.05) is 54.9 Å². The Hall–Kier alpha value is -0.790. The zero-order valence-corrected chi connectivity index (χ0v) is 14.1. The summed E-state index contributed by atoms with van der Waals surface area (Å²) >= 11 is 0. The maximum absolute atomic E-state index is 3.58. The first kappa shape index (κ1) is 16.3. The van der Waals surface area contributed by atoms with Gasteiger partial charge in [0.25, 0.3) is 0 Å². The monoisotopic (exact) mass is 265 g/mol. The Morgan fingerprint density at radius 2 is 1.58 bits per heavy atom. The van der Waals surface area contributed by atoms with Crippen molar-refractivity contribution >= 4 is 0 Å². The van der Waals surface area contributed by atoms with E-state index in [2.05, 4.69) is 64.3 Å². The highest BCUT2D eigenvalue weighted by atomic mass is 15.1. The molecule has 19 heavy (non-hydrogen) atoms. The fourth-order valence-corrected chi connectivity index (χ4v) is 2.51. The molecule has 2 nitrogen and oxygen atoms in total. The van der Waals surface area contributed by atoms with Crippen molar-refractivity contribution < 1.29 is 4.57 Å². The summed E-state index contributed by atoms with van der Waals surface area (Å²) in [6, 6.07) is 0. The molecule has 0 atom stereocenters. The van der Waals surface area contributed by atoms with E-state index in [1.54, 1.807) is 0 Å². The number of nitrogens with zero attached hydrogens (tertiary/aromatic N) is 1. The number of aryl methyl sites for hydroxylation is 1. The molecule has 0 spiro atoms. The third-order valence-electron chi connectivity index (χ3n) is 4.73. The van der Waals surface area contributed by atoms with E-state index in [9.17, 15) is 0 Å². The van der Waals surface area contributed by atoms with Crippen LogP contribution in [0.15, 0.2) is 6.33 Å². The molecule has 1 heterocycles. The van der Waals surface area contributed by atoms with Gasteiger partial charge in [0.1, 0.15) is 5.69 Å². The topological polar surface area (TPSA) is 19.7 Å². The van der Waals surface area contributed by atoms with E-state index in [1.807, 2.05) is 0 Å². The van der Waals surface area contributed by atoms with Gasteiger partial charge in [0, 0.05) is 10.8 Å². The summed E-state index contributed by atoms with van der Waals surface area (Å²) in [6.45, 7) is 17.4. The lowest BCUT2D eigenvalue weighted by atomic mass is 9.77. The molecule has 0 bridgehead atoms. The second-order valence-corrected chi connectivity index (χ2v) is 7.02. The Labute approximate surface area is 119 Å². The number of aromatic nitrogens is 2. The molecular formula is C17H33N2+. The maximum Gasteiger partial charge on any atom is 0.241 e. The molecule has 110 valence electrons. The molecule has 0 saturated heterocycles. The fourth-order valence-electron chi connectivity index (χ4n) is 2.51. The van der Waals surface area contributed by atoms with Crippen LogP contribution in [0.2, 0.25) is 0 Å². The molecule has 0 amide bonds. The third kappa shape index (κ3) is 3.40. The van der Waals surface area contributed by atoms with Crippen molar-refractivity contribution in [3.8, 4) is 0 Å². The molecule has 0 aliphatic rings. The molecule has 1 aromatic rings. The van der Waals surface area contributed by atoms with Gasteiger partial charge in [0.2, 0.25) is 6.33 Å². The smallest absolute Gasteiger partial charge is 0.241 e. The highest BCUT2D eigenvalue weighted by molar-refractivity contribution is 5.23. The van der Waals surface area contributed by atoms with Crippen LogP contribution in [0.5, 0.6) is 0 Å². The zero-order valence-electron chi connectivity index (χ0n) is 14.1. The summed E-state index contributed by atoms with van der Waals surface area (Å²) in [4.78, 5) is 3.58. The largest absolute Gasteiger partial charge is 0.247 e. The fraction of sp³-hybridized carbons (Fsp3) is 0.824. The van der Waals surface area contributed by atoms with Crippen LogP contribution >= 0.6 is 0 Å². The van der Waals surface area contributed by atoms with Gasteiger partial charge in [0.15, 0.2) is 5.69 Å². The average molecular weight is 265 g/mol. The van der Waals surface area contributed by atoms with Crippen molar-refractivity contribution in [2.45, 2.75) is 91.5 Å². The summed E-state index contributed by atoms with van der Waals surface area (Å²) in [5.74, 6) is 0. The highest BCUT2D eigenvalue weighted by Crippen LogP contribution is 2.34. The number of unbranched alkanes of at least 4 members (excludes halogenated alkanes) is 1. The second kappa shape index (κ2) is 6.11. The van der Waals surface area contributed by atoms with Crippen LogP contribution in [0.1, 0.15) is 85.5 Å². The number of nitrogens with one attached hydrogen (secondary N) is 1. The molecule has 1 aromatic heterocycles. The molecule has 1 N–H and O–H groups in total. The Balaban J connectivity index is 3.30. The Bertz CT molecular complexity index is 399. The van der Waals surface area contributed by atoms with Crippen LogP contribution in [0.25, 0.3) is 0 Å². The lowest BCUT2D eigenvalue weighted by Gasteiger charge is -2.27. The molecule has 0 aromatic carbocycles. The van der Waals surface area contributed by atoms with Crippen LogP contribution < -0.4 is 4.57 Å². The number of hydrogen-bond acceptors (Lipinski definition) is 0. The minimum absolute atomic E-state index is 0.221. The van der Waals surface area contributed by atoms with Crippen LogP contribution in [-0.4, -0.2) is 4.98 Å². The summed E-state index contributed by atoms with van der Waals surface area (Å²) in [7, 11) is 0. The summed E-state index contributed by atoms with van der Waals surface area (Å²) in [5, 5.41) is 0. The Morgan fingerprint density at radius 3 is 2.05 bits per heavy atom. The zero-order chi connectivity index (χ0) is 14.7. The molecule has 0 radical (unpaired) electrons. The van der Waals surface area contributed by atoms with Crippen molar-refractivity contribution in [1.82, 2.24) is 4.98 Å². The van der Waals surface area contributed by atoms with Gasteiger partial charge < -0.3 is 0 Å². The predicted octanol–water partition coefficient (Wildman–Crippen LogP) is 4.48. The maximum atomic E-state index is 3.58. The van der Waals surface area contributed by atoms with Crippen molar-refractivity contribution in [1.29, 1.82) is 0 Å². The Kier molecular flexibility index (Phi) is 5.23. The minimum atomic E-state index is 0.221. The lowest BCUT2D eigenvalue weighted by Crippen LogP contribution is -2.43. The van der Waals surface area contributed by atoms with Crippen LogP contribution in [0, 0.1) is 0 Å². The number of imidazole rings is 1. The average Bonchev–Trinajstić information content (AvgIpc) is 2.81. The van der Waals surface area contributed by atoms with Crippen molar-refractivity contribution in [2.75, 3.05) is 0 Å². The number of rotatable bonds is 7. The molecule has 0 aliphatic carbocycles. The first-order chi connectivity index (χ1) is 8.80. The molecule has 0 saturated carbocycles. The first-order valence-corrected chi connectivity index (χ1v) is 7.92. The van der Waals surface area contributed by atoms with Crippen LogP contribution in [-0.2, 0) is 17.4 Å². The van der Waals surface area contributed by atoms with Crippen molar-refractivity contribution in [2.24, 2.45) is 0 Å². The van der Waals surface area contributed by atoms with Gasteiger partial charge in [-0.2, -0.15) is 0 Å². The molecular weight excluding hydrogens is 232 g/mol. The summed E-state index contributed by atoms with van der Waals surface area (Å²) in [6.07, 6.45) is 7.02. The van der Waals surface area contributed by atoms with E-state index in [0.29, 0.717) is 0 Å². The normalized spacial score (nSPS) is 13.0. The standard InChI is InChI=1S/C17H32N2/c1-8-11-12-19-13-18-14(16(4,5)9-2)15(19)17(6,7)10-3/h13H,8-12H2,1-7H3/p+1. The van der Waals surface area contributed by atoms with Crippen molar-refractivity contribution in [3.63, 3.8) is 0 Å². The third-order valence-corrected chi connectivity index (χ3v) is 4.73. The van der Waals surface area contributed by atoms with E-state index in [0.717, 1.165) is 13.0 Å². The summed E-state index contributed by atoms with van der Waals surface area (Å²) in [5.41, 5.74) is 3.39. The highest BCUT2D eigenvalue weighted by Gasteiger charge is 2.38. The molecule has 0 unspecified atom stereocenters. The van der Waals surface area contributed by atoms with E-state index in [-0.39, 0.29) is 10.8 Å².